The number of anilines is 3. The van der Waals surface area contributed by atoms with Gasteiger partial charge in [-0.15, -0.1) is 0 Å². The van der Waals surface area contributed by atoms with Crippen LogP contribution in [0.15, 0.2) is 12.4 Å². The molecule has 1 saturated heterocycles. The summed E-state index contributed by atoms with van der Waals surface area (Å²) in [6.07, 6.45) is 6.16. The summed E-state index contributed by atoms with van der Waals surface area (Å²) in [5.74, 6) is 1.53. The van der Waals surface area contributed by atoms with Crippen molar-refractivity contribution in [2.24, 2.45) is 7.05 Å². The van der Waals surface area contributed by atoms with Crippen molar-refractivity contribution in [1.29, 1.82) is 0 Å². The molecule has 2 aromatic rings. The number of nitrogen functional groups attached to an aromatic ring is 1. The third-order valence-electron chi connectivity index (χ3n) is 3.54. The summed E-state index contributed by atoms with van der Waals surface area (Å²) < 4.78 is 1.78. The van der Waals surface area contributed by atoms with Crippen molar-refractivity contribution in [3.05, 3.63) is 18.0 Å². The molecular formula is C13H20N8. The summed E-state index contributed by atoms with van der Waals surface area (Å²) in [5.41, 5.74) is 6.93. The van der Waals surface area contributed by atoms with Crippen molar-refractivity contribution >= 4 is 17.8 Å². The lowest BCUT2D eigenvalue weighted by molar-refractivity contribution is 0.765. The Kier molecular flexibility index (Phi) is 3.59. The molecule has 0 unspecified atom stereocenters. The van der Waals surface area contributed by atoms with E-state index in [1.165, 1.54) is 12.8 Å². The molecule has 2 N–H and O–H groups in total. The van der Waals surface area contributed by atoms with Gasteiger partial charge in [-0.05, 0) is 12.8 Å². The van der Waals surface area contributed by atoms with Crippen LogP contribution in [0.25, 0.3) is 0 Å². The molecule has 2 aromatic heterocycles. The molecule has 0 radical (unpaired) electrons. The zero-order chi connectivity index (χ0) is 14.8. The topological polar surface area (TPSA) is 89.0 Å². The van der Waals surface area contributed by atoms with Crippen LogP contribution < -0.4 is 15.5 Å². The molecule has 1 aliphatic rings. The zero-order valence-electron chi connectivity index (χ0n) is 12.4. The van der Waals surface area contributed by atoms with Gasteiger partial charge in [0.05, 0.1) is 6.20 Å². The van der Waals surface area contributed by atoms with Crippen LogP contribution in [0.4, 0.5) is 17.8 Å². The van der Waals surface area contributed by atoms with E-state index in [4.69, 9.17) is 5.73 Å². The van der Waals surface area contributed by atoms with Gasteiger partial charge >= 0.3 is 0 Å². The molecule has 0 saturated carbocycles. The number of hydrogen-bond acceptors (Lipinski definition) is 7. The van der Waals surface area contributed by atoms with E-state index in [0.717, 1.165) is 18.7 Å². The summed E-state index contributed by atoms with van der Waals surface area (Å²) in [7, 11) is 3.84. The van der Waals surface area contributed by atoms with E-state index in [-0.39, 0.29) is 5.95 Å². The molecular weight excluding hydrogens is 268 g/mol. The first-order chi connectivity index (χ1) is 10.1. The normalized spacial score (nSPS) is 14.7. The minimum Gasteiger partial charge on any atom is -0.368 e. The highest BCUT2D eigenvalue weighted by molar-refractivity contribution is 5.43. The smallest absolute Gasteiger partial charge is 0.231 e. The second kappa shape index (κ2) is 5.55. The quantitative estimate of drug-likeness (QED) is 0.872. The molecule has 3 rings (SSSR count). The van der Waals surface area contributed by atoms with Crippen molar-refractivity contribution < 1.29 is 0 Å². The van der Waals surface area contributed by atoms with E-state index in [9.17, 15) is 0 Å². The van der Waals surface area contributed by atoms with Gasteiger partial charge < -0.3 is 15.5 Å². The number of hydrogen-bond donors (Lipinski definition) is 1. The zero-order valence-corrected chi connectivity index (χ0v) is 12.4. The molecule has 0 amide bonds. The highest BCUT2D eigenvalue weighted by atomic mass is 15.3. The second-order valence-electron chi connectivity index (χ2n) is 5.37. The molecule has 0 atom stereocenters. The van der Waals surface area contributed by atoms with Crippen LogP contribution in [-0.2, 0) is 13.6 Å². The Bertz CT molecular complexity index is 616. The Morgan fingerprint density at radius 2 is 2.00 bits per heavy atom. The number of aromatic nitrogens is 5. The maximum Gasteiger partial charge on any atom is 0.231 e. The van der Waals surface area contributed by atoms with Crippen molar-refractivity contribution in [2.45, 2.75) is 19.4 Å². The van der Waals surface area contributed by atoms with Crippen LogP contribution in [0, 0.1) is 0 Å². The summed E-state index contributed by atoms with van der Waals surface area (Å²) in [5, 5.41) is 4.17. The van der Waals surface area contributed by atoms with E-state index in [1.807, 2.05) is 31.4 Å². The van der Waals surface area contributed by atoms with Crippen molar-refractivity contribution in [3.8, 4) is 0 Å². The molecule has 0 spiro atoms. The van der Waals surface area contributed by atoms with Gasteiger partial charge in [0.15, 0.2) is 0 Å². The fourth-order valence-electron chi connectivity index (χ4n) is 2.50. The average Bonchev–Trinajstić information content (AvgIpc) is 3.10. The van der Waals surface area contributed by atoms with Gasteiger partial charge in [-0.3, -0.25) is 4.68 Å². The van der Waals surface area contributed by atoms with Gasteiger partial charge in [0.1, 0.15) is 0 Å². The van der Waals surface area contributed by atoms with Gasteiger partial charge in [0.25, 0.3) is 0 Å². The minimum absolute atomic E-state index is 0.264. The summed E-state index contributed by atoms with van der Waals surface area (Å²) in [4.78, 5) is 17.1. The molecule has 0 aliphatic carbocycles. The largest absolute Gasteiger partial charge is 0.368 e. The van der Waals surface area contributed by atoms with E-state index < -0.39 is 0 Å². The lowest BCUT2D eigenvalue weighted by Crippen LogP contribution is -2.25. The highest BCUT2D eigenvalue weighted by Gasteiger charge is 2.18. The predicted octanol–water partition coefficient (Wildman–Crippen LogP) is 0.424. The Morgan fingerprint density at radius 3 is 2.67 bits per heavy atom. The standard InChI is InChI=1S/C13H20N8/c1-19(8-10-7-15-20(2)9-10)12-16-11(14)17-13(18-12)21-5-3-4-6-21/h7,9H,3-6,8H2,1-2H3,(H2,14,16,17,18). The van der Waals surface area contributed by atoms with E-state index in [2.05, 4.69) is 25.0 Å². The lowest BCUT2D eigenvalue weighted by atomic mass is 10.3. The van der Waals surface area contributed by atoms with E-state index in [0.29, 0.717) is 18.4 Å². The molecule has 3 heterocycles. The Balaban J connectivity index is 1.80. The molecule has 8 heteroatoms. The lowest BCUT2D eigenvalue weighted by Gasteiger charge is -2.20. The second-order valence-corrected chi connectivity index (χ2v) is 5.37. The predicted molar refractivity (Wildman–Crippen MR) is 81.0 cm³/mol. The van der Waals surface area contributed by atoms with Gasteiger partial charge in [0.2, 0.25) is 17.8 Å². The highest BCUT2D eigenvalue weighted by Crippen LogP contribution is 2.19. The van der Waals surface area contributed by atoms with Crippen LogP contribution >= 0.6 is 0 Å². The average molecular weight is 288 g/mol. The first-order valence-corrected chi connectivity index (χ1v) is 7.07. The molecule has 1 fully saturated rings. The SMILES string of the molecule is CN(Cc1cnn(C)c1)c1nc(N)nc(N2CCCC2)n1. The van der Waals surface area contributed by atoms with Gasteiger partial charge in [-0.25, -0.2) is 0 Å². The van der Waals surface area contributed by atoms with Crippen molar-refractivity contribution in [2.75, 3.05) is 35.7 Å². The molecule has 0 bridgehead atoms. The molecule has 0 aromatic carbocycles. The van der Waals surface area contributed by atoms with Gasteiger partial charge in [-0.1, -0.05) is 0 Å². The number of nitrogens with zero attached hydrogens (tertiary/aromatic N) is 7. The molecule has 21 heavy (non-hydrogen) atoms. The minimum atomic E-state index is 0.264. The maximum absolute atomic E-state index is 5.83. The Hall–Kier alpha value is -2.38. The third kappa shape index (κ3) is 3.04. The maximum atomic E-state index is 5.83. The number of aryl methyl sites for hydroxylation is 1. The van der Waals surface area contributed by atoms with Gasteiger partial charge in [-0.2, -0.15) is 20.1 Å². The van der Waals surface area contributed by atoms with Crippen molar-refractivity contribution in [1.82, 2.24) is 24.7 Å². The van der Waals surface area contributed by atoms with E-state index >= 15 is 0 Å². The van der Waals surface area contributed by atoms with Crippen molar-refractivity contribution in [3.63, 3.8) is 0 Å². The van der Waals surface area contributed by atoms with Crippen LogP contribution in [-0.4, -0.2) is 44.9 Å². The number of nitrogens with two attached hydrogens (primary N) is 1. The third-order valence-corrected chi connectivity index (χ3v) is 3.54. The van der Waals surface area contributed by atoms with Crippen LogP contribution in [0.1, 0.15) is 18.4 Å². The fraction of sp³-hybridized carbons (Fsp3) is 0.538. The summed E-state index contributed by atoms with van der Waals surface area (Å²) >= 11 is 0. The van der Waals surface area contributed by atoms with E-state index in [1.54, 1.807) is 4.68 Å². The Labute approximate surface area is 123 Å². The fourth-order valence-corrected chi connectivity index (χ4v) is 2.50. The summed E-state index contributed by atoms with van der Waals surface area (Å²) in [6.45, 7) is 2.64. The van der Waals surface area contributed by atoms with Gasteiger partial charge in [0, 0.05) is 45.5 Å². The van der Waals surface area contributed by atoms with Crippen LogP contribution in [0.5, 0.6) is 0 Å². The Morgan fingerprint density at radius 1 is 1.24 bits per heavy atom. The molecule has 112 valence electrons. The molecule has 1 aliphatic heterocycles. The summed E-state index contributed by atoms with van der Waals surface area (Å²) in [6, 6.07) is 0. The monoisotopic (exact) mass is 288 g/mol. The first-order valence-electron chi connectivity index (χ1n) is 7.07. The van der Waals surface area contributed by atoms with Crippen LogP contribution in [0.3, 0.4) is 0 Å². The number of rotatable bonds is 4. The van der Waals surface area contributed by atoms with Crippen LogP contribution in [0.2, 0.25) is 0 Å². The molecule has 8 nitrogen and oxygen atoms in total. The first kappa shape index (κ1) is 13.6.